The second-order valence-electron chi connectivity index (χ2n) is 3.68. The Morgan fingerprint density at radius 3 is 2.41 bits per heavy atom. The molecule has 0 aliphatic carbocycles. The number of sulfone groups is 1. The maximum Gasteiger partial charge on any atom is 0.257 e. The van der Waals surface area contributed by atoms with Crippen LogP contribution in [0.2, 0.25) is 0 Å². The molecule has 0 aromatic carbocycles. The molecular weight excluding hydrogens is 329 g/mol. The smallest absolute Gasteiger partial charge is 0.257 e. The van der Waals surface area contributed by atoms with Crippen molar-refractivity contribution < 1.29 is 13.2 Å². The number of hydrogen-bond donors (Lipinski definition) is 1. The Hall–Kier alpha value is 0.510. The first-order chi connectivity index (χ1) is 7.88. The van der Waals surface area contributed by atoms with Gasteiger partial charge in [0, 0.05) is 0 Å². The Morgan fingerprint density at radius 1 is 1.41 bits per heavy atom. The molecule has 0 radical (unpaired) electrons. The Morgan fingerprint density at radius 2 is 2.00 bits per heavy atom. The monoisotopic (exact) mass is 339 g/mol. The molecule has 1 saturated heterocycles. The van der Waals surface area contributed by atoms with Gasteiger partial charge in [-0.1, -0.05) is 0 Å². The van der Waals surface area contributed by atoms with E-state index in [1.807, 2.05) is 0 Å². The van der Waals surface area contributed by atoms with Gasteiger partial charge < -0.3 is 10.1 Å². The average molecular weight is 341 g/mol. The minimum atomic E-state index is -3.09. The fraction of sp³-hybridized carbons (Fsp3) is 0.875. The van der Waals surface area contributed by atoms with Crippen LogP contribution in [0.5, 0.6) is 0 Å². The number of thiocarbonyl (C=S) groups is 1. The Bertz CT molecular complexity index is 372. The lowest BCUT2D eigenvalue weighted by molar-refractivity contribution is 0.228. The van der Waals surface area contributed by atoms with Crippen LogP contribution >= 0.6 is 47.0 Å². The molecule has 1 heterocycles. The molecule has 0 bridgehead atoms. The summed E-state index contributed by atoms with van der Waals surface area (Å²) in [4.78, 5) is 0. The van der Waals surface area contributed by atoms with Gasteiger partial charge in [0.2, 0.25) is 0 Å². The van der Waals surface area contributed by atoms with E-state index in [0.717, 1.165) is 0 Å². The molecule has 0 unspecified atom stereocenters. The number of ether oxygens (including phenoxy) is 1. The van der Waals surface area contributed by atoms with Crippen molar-refractivity contribution in [2.24, 2.45) is 0 Å². The first kappa shape index (κ1) is 15.6. The topological polar surface area (TPSA) is 55.4 Å². The van der Waals surface area contributed by atoms with Crippen molar-refractivity contribution in [2.75, 3.05) is 23.3 Å². The van der Waals surface area contributed by atoms with Gasteiger partial charge in [0.25, 0.3) is 5.17 Å². The highest BCUT2D eigenvalue weighted by Gasteiger charge is 2.37. The molecule has 1 aliphatic heterocycles. The van der Waals surface area contributed by atoms with Crippen LogP contribution in [0.15, 0.2) is 0 Å². The summed E-state index contributed by atoms with van der Waals surface area (Å²) < 4.78 is 27.9. The minimum Gasteiger partial charge on any atom is -0.465 e. The zero-order valence-corrected chi connectivity index (χ0v) is 12.6. The van der Waals surface area contributed by atoms with E-state index < -0.39 is 27.4 Å². The van der Waals surface area contributed by atoms with E-state index in [2.05, 4.69) is 5.32 Å². The summed E-state index contributed by atoms with van der Waals surface area (Å²) in [6, 6.07) is -0.430. The number of rotatable bonds is 4. The van der Waals surface area contributed by atoms with Crippen molar-refractivity contribution in [1.82, 2.24) is 5.32 Å². The third-order valence-electron chi connectivity index (χ3n) is 2.20. The predicted octanol–water partition coefficient (Wildman–Crippen LogP) is 1.13. The standard InChI is InChI=1S/C8H12Cl3NO3S2/c9-1-5(2-10)15-8(16)12-7-4-17(13,14)3-6(7)11/h5-7H,1-4H2,(H,12,16)/t6-,7+/m0/s1. The molecule has 0 aromatic rings. The molecule has 0 saturated carbocycles. The van der Waals surface area contributed by atoms with Crippen molar-refractivity contribution in [2.45, 2.75) is 17.5 Å². The maximum atomic E-state index is 11.3. The lowest BCUT2D eigenvalue weighted by Crippen LogP contribution is -2.42. The van der Waals surface area contributed by atoms with Gasteiger partial charge in [-0.15, -0.1) is 34.8 Å². The first-order valence-corrected chi connectivity index (χ1v) is 8.55. The quantitative estimate of drug-likeness (QED) is 0.614. The van der Waals surface area contributed by atoms with Crippen LogP contribution in [0.25, 0.3) is 0 Å². The van der Waals surface area contributed by atoms with Crippen LogP contribution < -0.4 is 5.32 Å². The fourth-order valence-electron chi connectivity index (χ4n) is 1.38. The highest BCUT2D eigenvalue weighted by atomic mass is 35.5. The highest BCUT2D eigenvalue weighted by molar-refractivity contribution is 7.91. The van der Waals surface area contributed by atoms with E-state index in [4.69, 9.17) is 51.8 Å². The van der Waals surface area contributed by atoms with Gasteiger partial charge in [0.05, 0.1) is 34.7 Å². The molecule has 17 heavy (non-hydrogen) atoms. The number of halogens is 3. The summed E-state index contributed by atoms with van der Waals surface area (Å²) in [5.74, 6) is 0.317. The highest BCUT2D eigenvalue weighted by Crippen LogP contribution is 2.18. The van der Waals surface area contributed by atoms with E-state index in [9.17, 15) is 8.42 Å². The third-order valence-corrected chi connectivity index (χ3v) is 5.48. The van der Waals surface area contributed by atoms with Crippen LogP contribution in [-0.4, -0.2) is 54.4 Å². The fourth-order valence-corrected chi connectivity index (χ4v) is 4.67. The van der Waals surface area contributed by atoms with Crippen LogP contribution in [-0.2, 0) is 14.6 Å². The van der Waals surface area contributed by atoms with E-state index in [1.54, 1.807) is 0 Å². The molecule has 0 aromatic heterocycles. The van der Waals surface area contributed by atoms with E-state index in [0.29, 0.717) is 0 Å². The summed E-state index contributed by atoms with van der Waals surface area (Å²) in [6.45, 7) is 0. The summed E-state index contributed by atoms with van der Waals surface area (Å²) in [5.41, 5.74) is 0. The third kappa shape index (κ3) is 4.95. The van der Waals surface area contributed by atoms with Crippen LogP contribution in [0.3, 0.4) is 0 Å². The van der Waals surface area contributed by atoms with Crippen molar-refractivity contribution in [3.63, 3.8) is 0 Å². The Labute approximate surface area is 121 Å². The summed E-state index contributed by atoms with van der Waals surface area (Å²) in [6.07, 6.45) is -0.398. The molecule has 1 rings (SSSR count). The molecule has 2 atom stereocenters. The molecule has 100 valence electrons. The molecule has 9 heteroatoms. The maximum absolute atomic E-state index is 11.3. The first-order valence-electron chi connectivity index (χ1n) is 4.81. The molecule has 1 fully saturated rings. The molecule has 0 amide bonds. The van der Waals surface area contributed by atoms with Gasteiger partial charge in [-0.3, -0.25) is 0 Å². The summed E-state index contributed by atoms with van der Waals surface area (Å²) >= 11 is 22.0. The van der Waals surface area contributed by atoms with Crippen molar-refractivity contribution >= 4 is 62.0 Å². The van der Waals surface area contributed by atoms with Gasteiger partial charge in [-0.05, 0) is 12.2 Å². The number of nitrogens with one attached hydrogen (secondary N) is 1. The SMILES string of the molecule is O=S1(=O)C[C@H](Cl)[C@H](NC(=S)OC(CCl)CCl)C1. The lowest BCUT2D eigenvalue weighted by atomic mass is 10.3. The number of hydrogen-bond acceptors (Lipinski definition) is 4. The molecular formula is C8H12Cl3NO3S2. The molecule has 1 N–H and O–H groups in total. The molecule has 4 nitrogen and oxygen atoms in total. The normalized spacial score (nSPS) is 27.1. The zero-order chi connectivity index (χ0) is 13.1. The van der Waals surface area contributed by atoms with Crippen molar-refractivity contribution in [3.8, 4) is 0 Å². The van der Waals surface area contributed by atoms with Crippen LogP contribution in [0.1, 0.15) is 0 Å². The van der Waals surface area contributed by atoms with Gasteiger partial charge >= 0.3 is 0 Å². The van der Waals surface area contributed by atoms with E-state index >= 15 is 0 Å². The second kappa shape index (κ2) is 6.61. The minimum absolute atomic E-state index is 0.0446. The molecule has 0 spiro atoms. The van der Waals surface area contributed by atoms with Gasteiger partial charge in [0.15, 0.2) is 9.84 Å². The van der Waals surface area contributed by atoms with Gasteiger partial charge in [0.1, 0.15) is 6.10 Å². The Balaban J connectivity index is 2.47. The van der Waals surface area contributed by atoms with E-state index in [1.165, 1.54) is 0 Å². The second-order valence-corrected chi connectivity index (χ2v) is 7.38. The number of alkyl halides is 3. The van der Waals surface area contributed by atoms with Gasteiger partial charge in [-0.25, -0.2) is 8.42 Å². The summed E-state index contributed by atoms with van der Waals surface area (Å²) in [5, 5.41) is 2.33. The largest absolute Gasteiger partial charge is 0.465 e. The average Bonchev–Trinajstić information content (AvgIpc) is 2.48. The van der Waals surface area contributed by atoms with E-state index in [-0.39, 0.29) is 28.4 Å². The van der Waals surface area contributed by atoms with Crippen LogP contribution in [0, 0.1) is 0 Å². The zero-order valence-electron chi connectivity index (χ0n) is 8.74. The predicted molar refractivity (Wildman–Crippen MR) is 74.1 cm³/mol. The van der Waals surface area contributed by atoms with Crippen molar-refractivity contribution in [1.29, 1.82) is 0 Å². The van der Waals surface area contributed by atoms with Gasteiger partial charge in [-0.2, -0.15) is 0 Å². The molecule has 1 aliphatic rings. The van der Waals surface area contributed by atoms with Crippen molar-refractivity contribution in [3.05, 3.63) is 0 Å². The van der Waals surface area contributed by atoms with Crippen LogP contribution in [0.4, 0.5) is 0 Å². The lowest BCUT2D eigenvalue weighted by Gasteiger charge is -2.19. The summed E-state index contributed by atoms with van der Waals surface area (Å²) in [7, 11) is -3.09. The Kier molecular flexibility index (Phi) is 6.05.